The van der Waals surface area contributed by atoms with E-state index < -0.39 is 0 Å². The van der Waals surface area contributed by atoms with E-state index in [-0.39, 0.29) is 11.9 Å². The number of likely N-dealkylation sites (tertiary alicyclic amines) is 1. The van der Waals surface area contributed by atoms with Gasteiger partial charge in [-0.3, -0.25) is 14.7 Å². The second-order valence-electron chi connectivity index (χ2n) is 12.0. The summed E-state index contributed by atoms with van der Waals surface area (Å²) in [6.07, 6.45) is 7.70. The average Bonchev–Trinajstić information content (AvgIpc) is 3.80. The van der Waals surface area contributed by atoms with Gasteiger partial charge in [-0.25, -0.2) is 4.98 Å². The maximum atomic E-state index is 12.3. The predicted octanol–water partition coefficient (Wildman–Crippen LogP) is 6.20. The van der Waals surface area contributed by atoms with Gasteiger partial charge in [0.15, 0.2) is 0 Å². The van der Waals surface area contributed by atoms with E-state index in [0.29, 0.717) is 41.9 Å². The minimum atomic E-state index is -0.0329. The Bertz CT molecular complexity index is 1630. The van der Waals surface area contributed by atoms with Crippen LogP contribution in [0.1, 0.15) is 58.9 Å². The molecule has 0 radical (unpaired) electrons. The predicted molar refractivity (Wildman–Crippen MR) is 173 cm³/mol. The van der Waals surface area contributed by atoms with Crippen molar-refractivity contribution in [2.24, 2.45) is 4.99 Å². The summed E-state index contributed by atoms with van der Waals surface area (Å²) < 4.78 is 12.2. The largest absolute Gasteiger partial charge is 0.462 e. The summed E-state index contributed by atoms with van der Waals surface area (Å²) in [5, 5.41) is 3.01. The van der Waals surface area contributed by atoms with Crippen molar-refractivity contribution < 1.29 is 14.3 Å². The number of carbonyl (C=O) groups is 1. The average molecular weight is 603 g/mol. The lowest BCUT2D eigenvalue weighted by atomic mass is 9.98. The molecule has 2 saturated heterocycles. The van der Waals surface area contributed by atoms with E-state index >= 15 is 0 Å². The molecule has 45 heavy (non-hydrogen) atoms. The lowest BCUT2D eigenvalue weighted by Crippen LogP contribution is -2.46. The third kappa shape index (κ3) is 6.99. The number of aryl methyl sites for hydroxylation is 1. The molecule has 7 rings (SSSR count). The number of nitrogens with one attached hydrogen (secondary N) is 1. The van der Waals surface area contributed by atoms with Gasteiger partial charge in [-0.05, 0) is 80.1 Å². The zero-order valence-corrected chi connectivity index (χ0v) is 25.5. The van der Waals surface area contributed by atoms with Crippen LogP contribution < -0.4 is 10.1 Å². The minimum absolute atomic E-state index is 0.0329. The van der Waals surface area contributed by atoms with Crippen LogP contribution in [-0.4, -0.2) is 63.5 Å². The van der Waals surface area contributed by atoms with E-state index in [1.54, 1.807) is 24.5 Å². The molecule has 0 unspecified atom stereocenters. The second-order valence-corrected chi connectivity index (χ2v) is 12.0. The van der Waals surface area contributed by atoms with Crippen molar-refractivity contribution in [3.8, 4) is 11.6 Å². The Morgan fingerprint density at radius 3 is 2.49 bits per heavy atom. The van der Waals surface area contributed by atoms with Crippen LogP contribution in [0, 0.1) is 6.92 Å². The molecule has 4 aromatic rings. The Morgan fingerprint density at radius 2 is 1.78 bits per heavy atom. The van der Waals surface area contributed by atoms with Gasteiger partial charge in [-0.2, -0.15) is 4.99 Å². The molecule has 9 heteroatoms. The van der Waals surface area contributed by atoms with Crippen LogP contribution in [0.5, 0.6) is 11.6 Å². The summed E-state index contributed by atoms with van der Waals surface area (Å²) in [6.45, 7) is 5.41. The highest BCUT2D eigenvalue weighted by molar-refractivity contribution is 5.94. The number of nitrogens with zero attached hydrogens (tertiary/aromatic N) is 5. The van der Waals surface area contributed by atoms with Crippen LogP contribution in [0.25, 0.3) is 0 Å². The lowest BCUT2D eigenvalue weighted by Gasteiger charge is -2.39. The number of hydrogen-bond donors (Lipinski definition) is 1. The quantitative estimate of drug-likeness (QED) is 0.244. The van der Waals surface area contributed by atoms with Crippen LogP contribution in [0.3, 0.4) is 0 Å². The zero-order valence-electron chi connectivity index (χ0n) is 25.5. The van der Waals surface area contributed by atoms with Crippen molar-refractivity contribution in [2.75, 3.05) is 19.7 Å². The maximum Gasteiger partial charge on any atom is 0.293 e. The molecule has 4 heterocycles. The van der Waals surface area contributed by atoms with E-state index in [9.17, 15) is 4.79 Å². The lowest BCUT2D eigenvalue weighted by molar-refractivity contribution is 0.0951. The zero-order chi connectivity index (χ0) is 30.6. The number of amides is 1. The molecule has 3 aliphatic rings. The number of piperidine rings is 1. The van der Waals surface area contributed by atoms with Gasteiger partial charge in [0.25, 0.3) is 11.9 Å². The molecule has 0 bridgehead atoms. The normalized spacial score (nSPS) is 19.8. The number of aliphatic imine (C=N–C) groups is 1. The summed E-state index contributed by atoms with van der Waals surface area (Å²) in [4.78, 5) is 31.0. The SMILES string of the molecule is Cc1nc(Oc2ccc(C(=O)NC3CC3)cc2)ccc1CN1CCC(N2/C(=N/c3cccnc3)OC[C@H]2c2ccccc2)CC1. The van der Waals surface area contributed by atoms with Gasteiger partial charge in [-0.1, -0.05) is 36.4 Å². The van der Waals surface area contributed by atoms with Crippen molar-refractivity contribution >= 4 is 17.6 Å². The minimum Gasteiger partial charge on any atom is -0.462 e. The third-order valence-corrected chi connectivity index (χ3v) is 8.75. The molecule has 1 aliphatic carbocycles. The summed E-state index contributed by atoms with van der Waals surface area (Å²) in [5.41, 5.74) is 4.83. The number of amidine groups is 1. The van der Waals surface area contributed by atoms with Gasteiger partial charge in [0.1, 0.15) is 12.4 Å². The molecular formula is C36H38N6O3. The fourth-order valence-electron chi connectivity index (χ4n) is 6.08. The van der Waals surface area contributed by atoms with Gasteiger partial charge in [-0.15, -0.1) is 0 Å². The number of pyridine rings is 2. The fraction of sp³-hybridized carbons (Fsp3) is 0.333. The van der Waals surface area contributed by atoms with Gasteiger partial charge >= 0.3 is 0 Å². The number of aromatic nitrogens is 2. The molecule has 1 N–H and O–H groups in total. The smallest absolute Gasteiger partial charge is 0.293 e. The number of rotatable bonds is 9. The first kappa shape index (κ1) is 29.0. The summed E-state index contributed by atoms with van der Waals surface area (Å²) in [6, 6.07) is 27.2. The Morgan fingerprint density at radius 1 is 0.978 bits per heavy atom. The van der Waals surface area contributed by atoms with Gasteiger partial charge in [0, 0.05) is 55.2 Å². The highest BCUT2D eigenvalue weighted by Gasteiger charge is 2.39. The molecule has 1 amide bonds. The highest BCUT2D eigenvalue weighted by Crippen LogP contribution is 2.34. The second kappa shape index (κ2) is 13.1. The molecule has 2 aromatic carbocycles. The van der Waals surface area contributed by atoms with Crippen molar-refractivity contribution in [2.45, 2.75) is 57.3 Å². The summed E-state index contributed by atoms with van der Waals surface area (Å²) in [5.74, 6) is 1.17. The third-order valence-electron chi connectivity index (χ3n) is 8.75. The topological polar surface area (TPSA) is 92.2 Å². The first-order chi connectivity index (χ1) is 22.1. The maximum absolute atomic E-state index is 12.3. The van der Waals surface area contributed by atoms with Crippen molar-refractivity contribution in [3.05, 3.63) is 114 Å². The first-order valence-electron chi connectivity index (χ1n) is 15.8. The van der Waals surface area contributed by atoms with E-state index in [2.05, 4.69) is 56.5 Å². The number of hydrogen-bond acceptors (Lipinski definition) is 7. The molecule has 2 aliphatic heterocycles. The first-order valence-corrected chi connectivity index (χ1v) is 15.8. The van der Waals surface area contributed by atoms with E-state index in [1.165, 1.54) is 11.1 Å². The molecule has 0 spiro atoms. The number of ether oxygens (including phenoxy) is 2. The van der Waals surface area contributed by atoms with Crippen molar-refractivity contribution in [3.63, 3.8) is 0 Å². The van der Waals surface area contributed by atoms with Gasteiger partial charge < -0.3 is 19.7 Å². The molecule has 2 aromatic heterocycles. The van der Waals surface area contributed by atoms with E-state index in [1.807, 2.05) is 37.3 Å². The fourth-order valence-corrected chi connectivity index (χ4v) is 6.08. The number of benzene rings is 2. The molecule has 3 fully saturated rings. The van der Waals surface area contributed by atoms with Gasteiger partial charge in [0.05, 0.1) is 17.9 Å². The Kier molecular flexibility index (Phi) is 8.42. The monoisotopic (exact) mass is 602 g/mol. The summed E-state index contributed by atoms with van der Waals surface area (Å²) in [7, 11) is 0. The Labute approximate surface area is 263 Å². The molecule has 9 nitrogen and oxygen atoms in total. The molecule has 1 atom stereocenters. The Hall–Kier alpha value is -4.76. The van der Waals surface area contributed by atoms with Crippen LogP contribution in [-0.2, 0) is 11.3 Å². The van der Waals surface area contributed by atoms with Crippen molar-refractivity contribution in [1.82, 2.24) is 25.1 Å². The van der Waals surface area contributed by atoms with Gasteiger partial charge in [0.2, 0.25) is 5.88 Å². The van der Waals surface area contributed by atoms with Crippen LogP contribution in [0.4, 0.5) is 5.69 Å². The number of carbonyl (C=O) groups excluding carboxylic acids is 1. The van der Waals surface area contributed by atoms with Crippen LogP contribution >= 0.6 is 0 Å². The molecule has 1 saturated carbocycles. The highest BCUT2D eigenvalue weighted by atomic mass is 16.5. The summed E-state index contributed by atoms with van der Waals surface area (Å²) >= 11 is 0. The van der Waals surface area contributed by atoms with Crippen molar-refractivity contribution in [1.29, 1.82) is 0 Å². The van der Waals surface area contributed by atoms with E-state index in [4.69, 9.17) is 19.5 Å². The van der Waals surface area contributed by atoms with Crippen LogP contribution in [0.15, 0.2) is 96.2 Å². The van der Waals surface area contributed by atoms with E-state index in [0.717, 1.165) is 56.7 Å². The molecular weight excluding hydrogens is 564 g/mol. The van der Waals surface area contributed by atoms with Crippen LogP contribution in [0.2, 0.25) is 0 Å². The standard InChI is InChI=1S/C36H38N6O3/c1-25-28(11-16-34(38-25)45-32-14-9-27(10-15-32)35(43)39-29-12-13-29)23-41-20-17-31(18-21-41)42-33(26-6-3-2-4-7-26)24-44-36(42)40-30-8-5-19-37-22-30/h2-11,14-16,19,22,29,31,33H,12-13,17-18,20-21,23-24H2,1H3,(H,39,43)/b40-36-/t33-/m0/s1. The Balaban J connectivity index is 0.976. The molecule has 230 valence electrons.